The standard InChI is InChI=1S/C17H13BrN2OS2/c18-15-9-5-4-8-14(15)16(21)20-17-19-12(11-23-17)10-22-13-6-2-1-3-7-13/h1-9,11H,10H2,(H,19,20,21). The Kier molecular flexibility index (Phi) is 5.48. The molecule has 0 saturated carbocycles. The summed E-state index contributed by atoms with van der Waals surface area (Å²) >= 11 is 6.56. The molecule has 3 rings (SSSR count). The van der Waals surface area contributed by atoms with E-state index in [1.165, 1.54) is 16.2 Å². The van der Waals surface area contributed by atoms with Crippen LogP contribution in [0, 0.1) is 0 Å². The molecule has 0 radical (unpaired) electrons. The summed E-state index contributed by atoms with van der Waals surface area (Å²) in [5, 5.41) is 5.44. The summed E-state index contributed by atoms with van der Waals surface area (Å²) in [6, 6.07) is 17.5. The van der Waals surface area contributed by atoms with Crippen LogP contribution in [0.3, 0.4) is 0 Å². The van der Waals surface area contributed by atoms with Crippen LogP contribution in [-0.4, -0.2) is 10.9 Å². The third-order valence-electron chi connectivity index (χ3n) is 3.02. The van der Waals surface area contributed by atoms with Crippen molar-refractivity contribution in [3.8, 4) is 0 Å². The second-order valence-corrected chi connectivity index (χ2v) is 7.44. The lowest BCUT2D eigenvalue weighted by Crippen LogP contribution is -2.12. The minimum Gasteiger partial charge on any atom is -0.298 e. The third-order valence-corrected chi connectivity index (χ3v) is 5.56. The third kappa shape index (κ3) is 4.43. The van der Waals surface area contributed by atoms with Crippen LogP contribution in [0.2, 0.25) is 0 Å². The van der Waals surface area contributed by atoms with Gasteiger partial charge in [-0.3, -0.25) is 10.1 Å². The lowest BCUT2D eigenvalue weighted by molar-refractivity contribution is 0.102. The van der Waals surface area contributed by atoms with Gasteiger partial charge in [-0.25, -0.2) is 4.98 Å². The summed E-state index contributed by atoms with van der Waals surface area (Å²) in [5.74, 6) is 0.625. The molecule has 3 nitrogen and oxygen atoms in total. The largest absolute Gasteiger partial charge is 0.298 e. The molecule has 0 unspecified atom stereocenters. The number of amides is 1. The summed E-state index contributed by atoms with van der Waals surface area (Å²) in [6.07, 6.45) is 0. The fourth-order valence-corrected chi connectivity index (χ4v) is 4.00. The number of thiazole rings is 1. The highest BCUT2D eigenvalue weighted by Gasteiger charge is 2.11. The van der Waals surface area contributed by atoms with Crippen LogP contribution >= 0.6 is 39.0 Å². The van der Waals surface area contributed by atoms with Gasteiger partial charge in [-0.1, -0.05) is 30.3 Å². The van der Waals surface area contributed by atoms with Gasteiger partial charge in [-0.2, -0.15) is 0 Å². The Labute approximate surface area is 151 Å². The summed E-state index contributed by atoms with van der Waals surface area (Å²) in [6.45, 7) is 0. The Morgan fingerprint density at radius 1 is 1.13 bits per heavy atom. The molecule has 0 atom stereocenters. The van der Waals surface area contributed by atoms with E-state index in [1.54, 1.807) is 17.8 Å². The van der Waals surface area contributed by atoms with Gasteiger partial charge in [0.05, 0.1) is 11.3 Å². The van der Waals surface area contributed by atoms with Crippen molar-refractivity contribution in [3.63, 3.8) is 0 Å². The zero-order chi connectivity index (χ0) is 16.1. The lowest BCUT2D eigenvalue weighted by Gasteiger charge is -2.03. The van der Waals surface area contributed by atoms with Crippen LogP contribution in [0.5, 0.6) is 0 Å². The topological polar surface area (TPSA) is 42.0 Å². The maximum Gasteiger partial charge on any atom is 0.258 e. The molecule has 6 heteroatoms. The number of carbonyl (C=O) groups excluding carboxylic acids is 1. The average Bonchev–Trinajstić information content (AvgIpc) is 3.02. The molecular weight excluding hydrogens is 392 g/mol. The first-order valence-electron chi connectivity index (χ1n) is 6.90. The molecule has 0 saturated heterocycles. The molecule has 0 bridgehead atoms. The summed E-state index contributed by atoms with van der Waals surface area (Å²) < 4.78 is 0.772. The lowest BCUT2D eigenvalue weighted by atomic mass is 10.2. The van der Waals surface area contributed by atoms with Crippen LogP contribution in [0.4, 0.5) is 5.13 Å². The Morgan fingerprint density at radius 3 is 2.65 bits per heavy atom. The van der Waals surface area contributed by atoms with Crippen LogP contribution < -0.4 is 5.32 Å². The first-order valence-corrected chi connectivity index (χ1v) is 9.56. The molecule has 1 aromatic heterocycles. The van der Waals surface area contributed by atoms with E-state index < -0.39 is 0 Å². The van der Waals surface area contributed by atoms with E-state index in [-0.39, 0.29) is 5.91 Å². The minimum atomic E-state index is -0.158. The van der Waals surface area contributed by atoms with Crippen LogP contribution in [0.25, 0.3) is 0 Å². The first kappa shape index (κ1) is 16.2. The van der Waals surface area contributed by atoms with E-state index in [0.717, 1.165) is 15.9 Å². The highest BCUT2D eigenvalue weighted by Crippen LogP contribution is 2.25. The number of anilines is 1. The molecule has 1 heterocycles. The minimum absolute atomic E-state index is 0.158. The normalized spacial score (nSPS) is 10.5. The maximum atomic E-state index is 12.2. The van der Waals surface area contributed by atoms with Gasteiger partial charge >= 0.3 is 0 Å². The molecule has 0 aliphatic carbocycles. The number of hydrogen-bond donors (Lipinski definition) is 1. The molecule has 116 valence electrons. The number of nitrogens with zero attached hydrogens (tertiary/aromatic N) is 1. The second-order valence-electron chi connectivity index (χ2n) is 4.68. The van der Waals surface area contributed by atoms with Crippen molar-refractivity contribution in [2.75, 3.05) is 5.32 Å². The Morgan fingerprint density at radius 2 is 1.87 bits per heavy atom. The Bertz CT molecular complexity index is 805. The van der Waals surface area contributed by atoms with Crippen LogP contribution in [0.15, 0.2) is 69.3 Å². The highest BCUT2D eigenvalue weighted by atomic mass is 79.9. The number of hydrogen-bond acceptors (Lipinski definition) is 4. The maximum absolute atomic E-state index is 12.2. The zero-order valence-corrected chi connectivity index (χ0v) is 15.2. The second kappa shape index (κ2) is 7.77. The molecule has 0 aliphatic heterocycles. The first-order chi connectivity index (χ1) is 11.2. The van der Waals surface area contributed by atoms with E-state index in [1.807, 2.05) is 41.8 Å². The van der Waals surface area contributed by atoms with Gasteiger partial charge in [-0.05, 0) is 40.2 Å². The molecule has 1 amide bonds. The van der Waals surface area contributed by atoms with Gasteiger partial charge in [0.1, 0.15) is 0 Å². The van der Waals surface area contributed by atoms with Crippen molar-refractivity contribution < 1.29 is 4.79 Å². The number of halogens is 1. The van der Waals surface area contributed by atoms with Crippen LogP contribution in [0.1, 0.15) is 16.1 Å². The Hall–Kier alpha value is -1.63. The molecule has 23 heavy (non-hydrogen) atoms. The van der Waals surface area contributed by atoms with E-state index in [0.29, 0.717) is 10.7 Å². The van der Waals surface area contributed by atoms with Gasteiger partial charge in [0.25, 0.3) is 5.91 Å². The smallest absolute Gasteiger partial charge is 0.258 e. The molecule has 0 spiro atoms. The number of benzene rings is 2. The predicted octanol–water partition coefficient (Wildman–Crippen LogP) is 5.45. The van der Waals surface area contributed by atoms with Gasteiger partial charge in [-0.15, -0.1) is 23.1 Å². The SMILES string of the molecule is O=C(Nc1nc(CSc2ccccc2)cs1)c1ccccc1Br. The number of thioether (sulfide) groups is 1. The molecule has 3 aromatic rings. The molecule has 1 N–H and O–H groups in total. The molecule has 0 fully saturated rings. The summed E-state index contributed by atoms with van der Waals surface area (Å²) in [5.41, 5.74) is 1.56. The fourth-order valence-electron chi connectivity index (χ4n) is 1.91. The van der Waals surface area contributed by atoms with Crippen molar-refractivity contribution >= 4 is 50.1 Å². The van der Waals surface area contributed by atoms with Gasteiger partial charge in [0.15, 0.2) is 5.13 Å². The average molecular weight is 405 g/mol. The number of aromatic nitrogens is 1. The monoisotopic (exact) mass is 404 g/mol. The highest BCUT2D eigenvalue weighted by molar-refractivity contribution is 9.10. The Balaban J connectivity index is 1.61. The van der Waals surface area contributed by atoms with E-state index in [9.17, 15) is 4.79 Å². The fraction of sp³-hybridized carbons (Fsp3) is 0.0588. The van der Waals surface area contributed by atoms with Crippen molar-refractivity contribution in [1.29, 1.82) is 0 Å². The van der Waals surface area contributed by atoms with Crippen molar-refractivity contribution in [2.45, 2.75) is 10.6 Å². The number of carbonyl (C=O) groups is 1. The van der Waals surface area contributed by atoms with Gasteiger partial charge in [0.2, 0.25) is 0 Å². The summed E-state index contributed by atoms with van der Waals surface area (Å²) in [7, 11) is 0. The van der Waals surface area contributed by atoms with Crippen LogP contribution in [-0.2, 0) is 5.75 Å². The summed E-state index contributed by atoms with van der Waals surface area (Å²) in [4.78, 5) is 17.9. The van der Waals surface area contributed by atoms with Gasteiger partial charge in [0, 0.05) is 20.5 Å². The quantitative estimate of drug-likeness (QED) is 0.574. The van der Waals surface area contributed by atoms with Crippen molar-refractivity contribution in [3.05, 3.63) is 75.7 Å². The number of rotatable bonds is 5. The van der Waals surface area contributed by atoms with Gasteiger partial charge < -0.3 is 0 Å². The van der Waals surface area contributed by atoms with Crippen molar-refractivity contribution in [2.24, 2.45) is 0 Å². The van der Waals surface area contributed by atoms with E-state index in [2.05, 4.69) is 38.4 Å². The van der Waals surface area contributed by atoms with E-state index in [4.69, 9.17) is 0 Å². The molecular formula is C17H13BrN2OS2. The van der Waals surface area contributed by atoms with Crippen molar-refractivity contribution in [1.82, 2.24) is 4.98 Å². The van der Waals surface area contributed by atoms with E-state index >= 15 is 0 Å². The predicted molar refractivity (Wildman–Crippen MR) is 100 cm³/mol. The number of nitrogens with one attached hydrogen (secondary N) is 1. The molecule has 2 aromatic carbocycles. The molecule has 0 aliphatic rings. The zero-order valence-electron chi connectivity index (χ0n) is 12.0.